The van der Waals surface area contributed by atoms with Gasteiger partial charge in [-0.1, -0.05) is 6.92 Å². The maximum absolute atomic E-state index is 12.4. The number of carboxylic acid groups (broad SMARTS) is 1. The predicted molar refractivity (Wildman–Crippen MR) is 66.3 cm³/mol. The lowest BCUT2D eigenvalue weighted by atomic mass is 9.90. The minimum Gasteiger partial charge on any atom is -0.480 e. The fraction of sp³-hybridized carbons (Fsp3) is 0.750. The first-order chi connectivity index (χ1) is 9.00. The standard InChI is InChI=1S/C12H19N3O4/c1-7-3-2-4-15(10(7)12(18)19)11(17)8-5-14-9(16)6-13-8/h7-8,10,13H,2-6H2,1H3,(H,14,16)(H,18,19). The molecule has 0 bridgehead atoms. The molecule has 7 nitrogen and oxygen atoms in total. The first kappa shape index (κ1) is 13.8. The van der Waals surface area contributed by atoms with Crippen molar-refractivity contribution in [2.24, 2.45) is 5.92 Å². The third kappa shape index (κ3) is 2.86. The summed E-state index contributed by atoms with van der Waals surface area (Å²) in [4.78, 5) is 36.2. The summed E-state index contributed by atoms with van der Waals surface area (Å²) in [6.45, 7) is 2.63. The van der Waals surface area contributed by atoms with Crippen molar-refractivity contribution in [3.63, 3.8) is 0 Å². The van der Waals surface area contributed by atoms with Crippen LogP contribution in [0.15, 0.2) is 0 Å². The average Bonchev–Trinajstić information content (AvgIpc) is 2.38. The van der Waals surface area contributed by atoms with Crippen LogP contribution in [0.4, 0.5) is 0 Å². The number of carbonyl (C=O) groups excluding carboxylic acids is 2. The number of carboxylic acids is 1. The lowest BCUT2D eigenvalue weighted by molar-refractivity contribution is -0.156. The Labute approximate surface area is 111 Å². The van der Waals surface area contributed by atoms with Gasteiger partial charge in [0.05, 0.1) is 6.54 Å². The molecule has 2 rings (SSSR count). The molecule has 2 fully saturated rings. The van der Waals surface area contributed by atoms with Crippen molar-refractivity contribution in [2.75, 3.05) is 19.6 Å². The summed E-state index contributed by atoms with van der Waals surface area (Å²) in [6.07, 6.45) is 1.63. The van der Waals surface area contributed by atoms with Crippen molar-refractivity contribution in [3.8, 4) is 0 Å². The molecule has 2 heterocycles. The number of hydrogen-bond acceptors (Lipinski definition) is 4. The predicted octanol–water partition coefficient (Wildman–Crippen LogP) is -1.21. The Morgan fingerprint density at radius 3 is 2.74 bits per heavy atom. The molecule has 0 aliphatic carbocycles. The van der Waals surface area contributed by atoms with Crippen LogP contribution < -0.4 is 10.6 Å². The monoisotopic (exact) mass is 269 g/mol. The van der Waals surface area contributed by atoms with Crippen LogP contribution in [-0.4, -0.2) is 59.5 Å². The van der Waals surface area contributed by atoms with Crippen molar-refractivity contribution in [1.82, 2.24) is 15.5 Å². The van der Waals surface area contributed by atoms with Crippen molar-refractivity contribution in [2.45, 2.75) is 31.8 Å². The van der Waals surface area contributed by atoms with Crippen molar-refractivity contribution in [1.29, 1.82) is 0 Å². The van der Waals surface area contributed by atoms with E-state index in [9.17, 15) is 19.5 Å². The van der Waals surface area contributed by atoms with Gasteiger partial charge in [-0.25, -0.2) is 4.79 Å². The Hall–Kier alpha value is -1.63. The zero-order valence-corrected chi connectivity index (χ0v) is 10.9. The van der Waals surface area contributed by atoms with Crippen LogP contribution >= 0.6 is 0 Å². The van der Waals surface area contributed by atoms with Gasteiger partial charge in [0.25, 0.3) is 0 Å². The van der Waals surface area contributed by atoms with Gasteiger partial charge in [-0.05, 0) is 18.8 Å². The van der Waals surface area contributed by atoms with E-state index in [-0.39, 0.29) is 30.8 Å². The molecular formula is C12H19N3O4. The van der Waals surface area contributed by atoms with Crippen LogP contribution in [0.25, 0.3) is 0 Å². The first-order valence-electron chi connectivity index (χ1n) is 6.54. The van der Waals surface area contributed by atoms with Gasteiger partial charge < -0.3 is 15.3 Å². The number of rotatable bonds is 2. The van der Waals surface area contributed by atoms with Crippen LogP contribution in [0.3, 0.4) is 0 Å². The molecule has 3 N–H and O–H groups in total. The van der Waals surface area contributed by atoms with Crippen LogP contribution in [-0.2, 0) is 14.4 Å². The molecule has 0 aromatic rings. The van der Waals surface area contributed by atoms with Gasteiger partial charge in [0.15, 0.2) is 0 Å². The van der Waals surface area contributed by atoms with E-state index in [1.165, 1.54) is 4.90 Å². The second kappa shape index (κ2) is 5.56. The van der Waals surface area contributed by atoms with Gasteiger partial charge >= 0.3 is 5.97 Å². The minimum atomic E-state index is -0.958. The Morgan fingerprint density at radius 2 is 2.16 bits per heavy atom. The summed E-state index contributed by atoms with van der Waals surface area (Å²) >= 11 is 0. The quantitative estimate of drug-likeness (QED) is 0.584. The number of amides is 2. The van der Waals surface area contributed by atoms with Gasteiger partial charge in [0, 0.05) is 13.1 Å². The highest BCUT2D eigenvalue weighted by atomic mass is 16.4. The van der Waals surface area contributed by atoms with Crippen LogP contribution in [0.5, 0.6) is 0 Å². The molecule has 3 unspecified atom stereocenters. The lowest BCUT2D eigenvalue weighted by Crippen LogP contribution is -2.62. The topological polar surface area (TPSA) is 98.7 Å². The first-order valence-corrected chi connectivity index (χ1v) is 6.54. The van der Waals surface area contributed by atoms with E-state index in [0.29, 0.717) is 6.54 Å². The Kier molecular flexibility index (Phi) is 4.04. The summed E-state index contributed by atoms with van der Waals surface area (Å²) < 4.78 is 0. The summed E-state index contributed by atoms with van der Waals surface area (Å²) in [5.41, 5.74) is 0. The summed E-state index contributed by atoms with van der Waals surface area (Å²) in [6, 6.07) is -1.29. The van der Waals surface area contributed by atoms with E-state index in [1.54, 1.807) is 0 Å². The van der Waals surface area contributed by atoms with E-state index in [4.69, 9.17) is 0 Å². The molecule has 0 radical (unpaired) electrons. The largest absolute Gasteiger partial charge is 0.480 e. The van der Waals surface area contributed by atoms with Gasteiger partial charge in [0.2, 0.25) is 11.8 Å². The molecule has 19 heavy (non-hydrogen) atoms. The van der Waals surface area contributed by atoms with E-state index in [2.05, 4.69) is 10.6 Å². The molecule has 2 aliphatic heterocycles. The smallest absolute Gasteiger partial charge is 0.326 e. The Balaban J connectivity index is 2.07. The summed E-state index contributed by atoms with van der Waals surface area (Å²) in [7, 11) is 0. The zero-order valence-electron chi connectivity index (χ0n) is 10.9. The van der Waals surface area contributed by atoms with Gasteiger partial charge in [0.1, 0.15) is 12.1 Å². The lowest BCUT2D eigenvalue weighted by Gasteiger charge is -2.39. The fourth-order valence-electron chi connectivity index (χ4n) is 2.75. The SMILES string of the molecule is CC1CCCN(C(=O)C2CNC(=O)CN2)C1C(=O)O. The van der Waals surface area contributed by atoms with Gasteiger partial charge in [-0.2, -0.15) is 0 Å². The van der Waals surface area contributed by atoms with Crippen molar-refractivity contribution >= 4 is 17.8 Å². The second-order valence-electron chi connectivity index (χ2n) is 5.17. The molecule has 2 amide bonds. The molecule has 0 aromatic carbocycles. The van der Waals surface area contributed by atoms with Crippen molar-refractivity contribution in [3.05, 3.63) is 0 Å². The number of piperidine rings is 1. The molecule has 0 saturated carbocycles. The normalized spacial score (nSPS) is 31.7. The molecule has 2 saturated heterocycles. The molecule has 7 heteroatoms. The van der Waals surface area contributed by atoms with Gasteiger partial charge in [-0.3, -0.25) is 14.9 Å². The second-order valence-corrected chi connectivity index (χ2v) is 5.17. The minimum absolute atomic E-state index is 0.0478. The molecule has 3 atom stereocenters. The molecule has 106 valence electrons. The van der Waals surface area contributed by atoms with E-state index >= 15 is 0 Å². The highest BCUT2D eigenvalue weighted by molar-refractivity contribution is 5.90. The summed E-state index contributed by atoms with van der Waals surface area (Å²) in [5.74, 6) is -1.39. The molecule has 0 spiro atoms. The van der Waals surface area contributed by atoms with Crippen molar-refractivity contribution < 1.29 is 19.5 Å². The third-order valence-corrected chi connectivity index (χ3v) is 3.78. The third-order valence-electron chi connectivity index (χ3n) is 3.78. The maximum Gasteiger partial charge on any atom is 0.326 e. The number of nitrogens with zero attached hydrogens (tertiary/aromatic N) is 1. The Morgan fingerprint density at radius 1 is 1.42 bits per heavy atom. The molecular weight excluding hydrogens is 250 g/mol. The van der Waals surface area contributed by atoms with E-state index in [0.717, 1.165) is 12.8 Å². The van der Waals surface area contributed by atoms with Crippen LogP contribution in [0.1, 0.15) is 19.8 Å². The molecule has 2 aliphatic rings. The van der Waals surface area contributed by atoms with Crippen LogP contribution in [0, 0.1) is 5.92 Å². The average molecular weight is 269 g/mol. The number of carbonyl (C=O) groups is 3. The van der Waals surface area contributed by atoms with E-state index in [1.807, 2.05) is 6.92 Å². The zero-order chi connectivity index (χ0) is 14.0. The number of piperazine rings is 1. The van der Waals surface area contributed by atoms with E-state index < -0.39 is 18.1 Å². The number of likely N-dealkylation sites (tertiary alicyclic amines) is 1. The molecule has 0 aromatic heterocycles. The highest BCUT2D eigenvalue weighted by Gasteiger charge is 2.39. The fourth-order valence-corrected chi connectivity index (χ4v) is 2.75. The number of hydrogen-bond donors (Lipinski definition) is 3. The Bertz CT molecular complexity index is 388. The van der Waals surface area contributed by atoms with Gasteiger partial charge in [-0.15, -0.1) is 0 Å². The summed E-state index contributed by atoms with van der Waals surface area (Å²) in [5, 5.41) is 14.7. The van der Waals surface area contributed by atoms with Crippen LogP contribution in [0.2, 0.25) is 0 Å². The number of nitrogens with one attached hydrogen (secondary N) is 2. The highest BCUT2D eigenvalue weighted by Crippen LogP contribution is 2.24. The number of aliphatic carboxylic acids is 1. The maximum atomic E-state index is 12.4.